The fraction of sp³-hybridized carbons (Fsp3) is 1.00. The summed E-state index contributed by atoms with van der Waals surface area (Å²) in [5, 5.41) is 0. The Kier molecular flexibility index (Phi) is 5.40. The van der Waals surface area contributed by atoms with Gasteiger partial charge in [0.15, 0.2) is 0 Å². The van der Waals surface area contributed by atoms with Crippen LogP contribution >= 0.6 is 0 Å². The Morgan fingerprint density at radius 1 is 0.759 bits per heavy atom. The molecule has 168 valence electrons. The van der Waals surface area contributed by atoms with Gasteiger partial charge in [-0.05, 0) is 92.3 Å². The van der Waals surface area contributed by atoms with Gasteiger partial charge in [0.1, 0.15) is 0 Å². The summed E-state index contributed by atoms with van der Waals surface area (Å²) in [5.74, 6) is 1.59. The highest BCUT2D eigenvalue weighted by Gasteiger charge is 2.61. The van der Waals surface area contributed by atoms with Gasteiger partial charge in [0, 0.05) is 0 Å². The molecule has 0 aromatic heterocycles. The van der Waals surface area contributed by atoms with Crippen LogP contribution in [0.15, 0.2) is 0 Å². The second kappa shape index (κ2) is 7.13. The second-order valence-corrected chi connectivity index (χ2v) is 12.2. The van der Waals surface area contributed by atoms with E-state index in [1.54, 1.807) is 0 Å². The summed E-state index contributed by atoms with van der Waals surface area (Å²) in [6, 6.07) is 0. The Labute approximate surface area is 173 Å². The minimum atomic E-state index is -4.72. The summed E-state index contributed by atoms with van der Waals surface area (Å²) in [7, 11) is -9.40. The first kappa shape index (κ1) is 22.0. The predicted molar refractivity (Wildman–Crippen MR) is 101 cm³/mol. The molecule has 0 unspecified atom stereocenters. The molecule has 8 atom stereocenters. The molecule has 0 spiro atoms. The van der Waals surface area contributed by atoms with Crippen LogP contribution in [0, 0.1) is 34.5 Å². The van der Waals surface area contributed by atoms with Crippen molar-refractivity contribution in [2.45, 2.75) is 83.8 Å². The number of rotatable bonds is 4. The van der Waals surface area contributed by atoms with Crippen LogP contribution in [0.5, 0.6) is 0 Å². The largest absolute Gasteiger partial charge is 0.726 e. The summed E-state index contributed by atoms with van der Waals surface area (Å²) >= 11 is 0. The number of fused-ring (bicyclic) bond motifs is 5. The zero-order valence-corrected chi connectivity index (χ0v) is 18.5. The minimum Gasteiger partial charge on any atom is -0.726 e. The first-order chi connectivity index (χ1) is 13.3. The third kappa shape index (κ3) is 4.01. The van der Waals surface area contributed by atoms with Crippen LogP contribution in [0.3, 0.4) is 0 Å². The van der Waals surface area contributed by atoms with Crippen molar-refractivity contribution in [3.05, 3.63) is 0 Å². The SMILES string of the molecule is C[C@]12CC[C@H](OS(=O)(=O)[O-])C[C@@H]1CC[C@@H]1[C@@H]2CC[C@]2(C)[C@@H](OS(=O)(=O)[O-])CC[C@@H]12. The second-order valence-electron chi connectivity index (χ2n) is 10.2. The van der Waals surface area contributed by atoms with E-state index in [0.717, 1.165) is 38.5 Å². The molecule has 0 bridgehead atoms. The average molecular weight is 451 g/mol. The molecule has 4 aliphatic carbocycles. The van der Waals surface area contributed by atoms with E-state index in [0.29, 0.717) is 42.9 Å². The highest BCUT2D eigenvalue weighted by molar-refractivity contribution is 7.81. The van der Waals surface area contributed by atoms with Gasteiger partial charge in [-0.2, -0.15) is 0 Å². The maximum atomic E-state index is 11.2. The Morgan fingerprint density at radius 3 is 2.03 bits per heavy atom. The van der Waals surface area contributed by atoms with Gasteiger partial charge in [0.05, 0.1) is 12.2 Å². The van der Waals surface area contributed by atoms with Crippen molar-refractivity contribution in [3.8, 4) is 0 Å². The van der Waals surface area contributed by atoms with Crippen LogP contribution in [0.25, 0.3) is 0 Å². The van der Waals surface area contributed by atoms with Crippen LogP contribution in [-0.2, 0) is 29.2 Å². The molecule has 0 N–H and O–H groups in total. The standard InChI is InChI=1S/C19H32O8S2/c1-18-9-7-13(26-28(20,21)22)11-12(18)3-4-14-15-5-6-17(27-29(23,24)25)19(15,2)10-8-16(14)18/h12-17H,3-11H2,1-2H3,(H,20,21,22)(H,23,24,25)/p-2/t12-,13-,14-,15-,16-,17-,18-,19-/m0/s1. The molecule has 0 aromatic rings. The van der Waals surface area contributed by atoms with Gasteiger partial charge < -0.3 is 9.11 Å². The maximum absolute atomic E-state index is 11.2. The van der Waals surface area contributed by atoms with Gasteiger partial charge in [0.2, 0.25) is 20.8 Å². The molecule has 29 heavy (non-hydrogen) atoms. The molecular weight excluding hydrogens is 420 g/mol. The summed E-state index contributed by atoms with van der Waals surface area (Å²) in [6.07, 6.45) is 6.15. The number of hydrogen-bond donors (Lipinski definition) is 0. The van der Waals surface area contributed by atoms with Gasteiger partial charge in [0.25, 0.3) is 0 Å². The van der Waals surface area contributed by atoms with Crippen molar-refractivity contribution < 1.29 is 34.3 Å². The minimum absolute atomic E-state index is 0.0697. The van der Waals surface area contributed by atoms with Gasteiger partial charge in [-0.1, -0.05) is 13.8 Å². The van der Waals surface area contributed by atoms with Crippen LogP contribution in [0.1, 0.15) is 71.6 Å². The van der Waals surface area contributed by atoms with E-state index in [9.17, 15) is 25.9 Å². The van der Waals surface area contributed by atoms with Crippen LogP contribution < -0.4 is 0 Å². The molecule has 0 saturated heterocycles. The van der Waals surface area contributed by atoms with Crippen molar-refractivity contribution in [1.29, 1.82) is 0 Å². The molecule has 0 radical (unpaired) electrons. The Balaban J connectivity index is 1.51. The average Bonchev–Trinajstić information content (AvgIpc) is 2.89. The third-order valence-electron chi connectivity index (χ3n) is 9.02. The van der Waals surface area contributed by atoms with E-state index in [-0.39, 0.29) is 10.8 Å². The fourth-order valence-electron chi connectivity index (χ4n) is 7.73. The molecule has 4 rings (SSSR count). The molecule has 4 fully saturated rings. The fourth-order valence-corrected chi connectivity index (χ4v) is 8.83. The van der Waals surface area contributed by atoms with Crippen LogP contribution in [0.2, 0.25) is 0 Å². The van der Waals surface area contributed by atoms with E-state index in [1.165, 1.54) is 0 Å². The molecule has 4 aliphatic rings. The van der Waals surface area contributed by atoms with Crippen molar-refractivity contribution in [2.75, 3.05) is 0 Å². The summed E-state index contributed by atoms with van der Waals surface area (Å²) in [4.78, 5) is 0. The predicted octanol–water partition coefficient (Wildman–Crippen LogP) is 2.72. The summed E-state index contributed by atoms with van der Waals surface area (Å²) in [5.41, 5.74) is -0.223. The highest BCUT2D eigenvalue weighted by Crippen LogP contribution is 2.66. The zero-order chi connectivity index (χ0) is 21.2. The van der Waals surface area contributed by atoms with Crippen LogP contribution in [0.4, 0.5) is 0 Å². The topological polar surface area (TPSA) is 133 Å². The molecule has 4 saturated carbocycles. The molecule has 0 aromatic carbocycles. The summed E-state index contributed by atoms with van der Waals surface area (Å²) in [6.45, 7) is 4.37. The quantitative estimate of drug-likeness (QED) is 0.471. The van der Waals surface area contributed by atoms with Crippen molar-refractivity contribution >= 4 is 20.8 Å². The molecule has 10 heteroatoms. The highest BCUT2D eigenvalue weighted by atomic mass is 32.3. The lowest BCUT2D eigenvalue weighted by molar-refractivity contribution is -0.129. The van der Waals surface area contributed by atoms with Gasteiger partial charge in [-0.25, -0.2) is 16.8 Å². The Hall–Kier alpha value is -0.260. The Bertz CT molecular complexity index is 855. The van der Waals surface area contributed by atoms with E-state index >= 15 is 0 Å². The van der Waals surface area contributed by atoms with Gasteiger partial charge in [-0.3, -0.25) is 8.37 Å². The van der Waals surface area contributed by atoms with Crippen molar-refractivity contribution in [3.63, 3.8) is 0 Å². The first-order valence-electron chi connectivity index (χ1n) is 10.6. The first-order valence-corrected chi connectivity index (χ1v) is 13.3. The molecule has 0 amide bonds. The lowest BCUT2D eigenvalue weighted by Crippen LogP contribution is -2.54. The van der Waals surface area contributed by atoms with Gasteiger partial charge >= 0.3 is 0 Å². The maximum Gasteiger partial charge on any atom is 0.217 e. The molecular formula is C19H30O8S2-2. The summed E-state index contributed by atoms with van der Waals surface area (Å²) < 4.78 is 76.3. The van der Waals surface area contributed by atoms with E-state index in [1.807, 2.05) is 0 Å². The lowest BCUT2D eigenvalue weighted by atomic mass is 9.45. The number of hydrogen-bond acceptors (Lipinski definition) is 8. The van der Waals surface area contributed by atoms with Crippen molar-refractivity contribution in [1.82, 2.24) is 0 Å². The third-order valence-corrected chi connectivity index (χ3v) is 9.99. The monoisotopic (exact) mass is 450 g/mol. The molecule has 0 aliphatic heterocycles. The van der Waals surface area contributed by atoms with Crippen molar-refractivity contribution in [2.24, 2.45) is 34.5 Å². The lowest BCUT2D eigenvalue weighted by Gasteiger charge is -2.61. The molecule has 0 heterocycles. The smallest absolute Gasteiger partial charge is 0.217 e. The van der Waals surface area contributed by atoms with E-state index in [4.69, 9.17) is 8.37 Å². The Morgan fingerprint density at radius 2 is 1.38 bits per heavy atom. The van der Waals surface area contributed by atoms with Crippen LogP contribution in [-0.4, -0.2) is 38.1 Å². The van der Waals surface area contributed by atoms with Gasteiger partial charge in [-0.15, -0.1) is 0 Å². The molecule has 8 nitrogen and oxygen atoms in total. The zero-order valence-electron chi connectivity index (χ0n) is 16.9. The van der Waals surface area contributed by atoms with E-state index < -0.39 is 33.0 Å². The normalized spacial score (nSPS) is 47.9. The van der Waals surface area contributed by atoms with E-state index in [2.05, 4.69) is 13.8 Å².